The van der Waals surface area contributed by atoms with E-state index >= 15 is 0 Å². The second-order valence-corrected chi connectivity index (χ2v) is 8.66. The third-order valence-corrected chi connectivity index (χ3v) is 6.18. The van der Waals surface area contributed by atoms with Crippen molar-refractivity contribution in [1.29, 1.82) is 0 Å². The van der Waals surface area contributed by atoms with Gasteiger partial charge in [0, 0.05) is 0 Å². The molecule has 13 heavy (non-hydrogen) atoms. The summed E-state index contributed by atoms with van der Waals surface area (Å²) in [6.45, 7) is 4.09. The fourth-order valence-corrected chi connectivity index (χ4v) is 5.39. The zero-order chi connectivity index (χ0) is 10.5. The minimum Gasteiger partial charge on any atom is -0.306 e. The molecule has 0 spiro atoms. The topological polar surface area (TPSA) is 52.6 Å². The minimum atomic E-state index is -3.12. The van der Waals surface area contributed by atoms with Gasteiger partial charge in [-0.1, -0.05) is 0 Å². The summed E-state index contributed by atoms with van der Waals surface area (Å²) in [7, 11) is -5.21. The lowest BCUT2D eigenvalue weighted by atomic mass is 10.9. The lowest BCUT2D eigenvalue weighted by Gasteiger charge is -2.15. The molecule has 0 aliphatic heterocycles. The maximum absolute atomic E-state index is 11.8. The van der Waals surface area contributed by atoms with Crippen LogP contribution >= 0.6 is 7.60 Å². The second-order valence-electron chi connectivity index (χ2n) is 3.01. The normalized spacial score (nSPS) is 13.2. The van der Waals surface area contributed by atoms with E-state index in [9.17, 15) is 8.77 Å². The van der Waals surface area contributed by atoms with Crippen LogP contribution in [0.5, 0.6) is 0 Å². The standard InChI is InChI=1S/C7H18O4PS/c1-5-10-12(8,11-6-2)7-13(3,4)9/h5-7H2,1-4H3/q+1. The summed E-state index contributed by atoms with van der Waals surface area (Å²) in [4.78, 5) is 0. The predicted octanol–water partition coefficient (Wildman–Crippen LogP) is 1.97. The van der Waals surface area contributed by atoms with Gasteiger partial charge >= 0.3 is 7.60 Å². The second kappa shape index (κ2) is 5.25. The molecular weight excluding hydrogens is 211 g/mol. The minimum absolute atomic E-state index is 0.00167. The van der Waals surface area contributed by atoms with Crippen molar-refractivity contribution in [2.75, 3.05) is 31.2 Å². The molecule has 80 valence electrons. The Kier molecular flexibility index (Phi) is 5.37. The van der Waals surface area contributed by atoms with Gasteiger partial charge in [0.15, 0.2) is 0 Å². The van der Waals surface area contributed by atoms with Gasteiger partial charge in [-0.05, 0) is 13.8 Å². The highest BCUT2D eigenvalue weighted by Crippen LogP contribution is 2.49. The number of rotatable bonds is 6. The highest BCUT2D eigenvalue weighted by atomic mass is 32.2. The molecule has 0 bridgehead atoms. The molecule has 0 aliphatic carbocycles. The first-order valence-electron chi connectivity index (χ1n) is 4.13. The molecule has 0 rings (SSSR count). The fourth-order valence-electron chi connectivity index (χ4n) is 0.886. The maximum Gasteiger partial charge on any atom is 0.379 e. The smallest absolute Gasteiger partial charge is 0.306 e. The molecule has 0 aromatic carbocycles. The highest BCUT2D eigenvalue weighted by molar-refractivity contribution is 8.06. The van der Waals surface area contributed by atoms with E-state index in [4.69, 9.17) is 9.05 Å². The number of hydrogen-bond donors (Lipinski definition) is 0. The molecule has 0 aromatic heterocycles. The molecule has 0 N–H and O–H groups in total. The van der Waals surface area contributed by atoms with Crippen molar-refractivity contribution in [2.45, 2.75) is 13.8 Å². The Bertz CT molecular complexity index is 225. The van der Waals surface area contributed by atoms with Gasteiger partial charge in [0.2, 0.25) is 5.49 Å². The van der Waals surface area contributed by atoms with Gasteiger partial charge < -0.3 is 9.05 Å². The molecule has 0 heterocycles. The van der Waals surface area contributed by atoms with Crippen molar-refractivity contribution < 1.29 is 17.8 Å². The van der Waals surface area contributed by atoms with Crippen molar-refractivity contribution in [3.63, 3.8) is 0 Å². The van der Waals surface area contributed by atoms with Gasteiger partial charge in [-0.3, -0.25) is 4.57 Å². The Hall–Kier alpha value is 0.300. The van der Waals surface area contributed by atoms with E-state index in [1.807, 2.05) is 0 Å². The average molecular weight is 229 g/mol. The molecule has 0 unspecified atom stereocenters. The van der Waals surface area contributed by atoms with Crippen molar-refractivity contribution in [3.05, 3.63) is 0 Å². The predicted molar refractivity (Wildman–Crippen MR) is 55.6 cm³/mol. The van der Waals surface area contributed by atoms with Gasteiger partial charge in [-0.15, -0.1) is 4.21 Å². The molecular formula is C7H18O4PS+. The Morgan fingerprint density at radius 3 is 1.77 bits per heavy atom. The zero-order valence-electron chi connectivity index (χ0n) is 8.61. The summed E-state index contributed by atoms with van der Waals surface area (Å²) in [5.74, 6) is 0. The SMILES string of the molecule is CCOP(=O)(C[S+](C)(C)=O)OCC. The summed E-state index contributed by atoms with van der Waals surface area (Å²) in [6, 6.07) is 0. The summed E-state index contributed by atoms with van der Waals surface area (Å²) in [6.07, 6.45) is 3.11. The van der Waals surface area contributed by atoms with E-state index in [0.29, 0.717) is 13.2 Å². The Labute approximate surface area is 81.0 Å². The van der Waals surface area contributed by atoms with Crippen LogP contribution in [0.2, 0.25) is 0 Å². The summed E-state index contributed by atoms with van der Waals surface area (Å²) < 4.78 is 33.2. The van der Waals surface area contributed by atoms with E-state index in [0.717, 1.165) is 0 Å². The molecule has 6 heteroatoms. The highest BCUT2D eigenvalue weighted by Gasteiger charge is 2.34. The molecule has 0 aromatic rings. The summed E-state index contributed by atoms with van der Waals surface area (Å²) >= 11 is 0. The monoisotopic (exact) mass is 229 g/mol. The summed E-state index contributed by atoms with van der Waals surface area (Å²) in [5.41, 5.74) is 0.00167. The van der Waals surface area contributed by atoms with E-state index < -0.39 is 17.5 Å². The van der Waals surface area contributed by atoms with E-state index in [1.54, 1.807) is 26.4 Å². The zero-order valence-corrected chi connectivity index (χ0v) is 10.3. The van der Waals surface area contributed by atoms with Crippen LogP contribution in [0.15, 0.2) is 0 Å². The quantitative estimate of drug-likeness (QED) is 0.516. The van der Waals surface area contributed by atoms with Crippen LogP contribution < -0.4 is 0 Å². The summed E-state index contributed by atoms with van der Waals surface area (Å²) in [5, 5.41) is 0. The third-order valence-electron chi connectivity index (χ3n) is 1.12. The van der Waals surface area contributed by atoms with E-state index in [1.165, 1.54) is 0 Å². The van der Waals surface area contributed by atoms with Gasteiger partial charge in [0.05, 0.1) is 23.1 Å². The lowest BCUT2D eigenvalue weighted by molar-refractivity contribution is 0.224. The van der Waals surface area contributed by atoms with Gasteiger partial charge in [-0.25, -0.2) is 0 Å². The van der Waals surface area contributed by atoms with Gasteiger partial charge in [0.1, 0.15) is 12.5 Å². The largest absolute Gasteiger partial charge is 0.379 e. The average Bonchev–Trinajstić information content (AvgIpc) is 1.82. The molecule has 0 saturated carbocycles. The molecule has 0 radical (unpaired) electrons. The van der Waals surface area contributed by atoms with Crippen molar-refractivity contribution in [2.24, 2.45) is 0 Å². The van der Waals surface area contributed by atoms with Crippen LogP contribution in [0.1, 0.15) is 13.8 Å². The molecule has 0 aliphatic rings. The van der Waals surface area contributed by atoms with Crippen LogP contribution in [0.25, 0.3) is 0 Å². The van der Waals surface area contributed by atoms with Crippen molar-refractivity contribution >= 4 is 17.5 Å². The lowest BCUT2D eigenvalue weighted by Crippen LogP contribution is -2.13. The van der Waals surface area contributed by atoms with E-state index in [-0.39, 0.29) is 5.49 Å². The van der Waals surface area contributed by atoms with Crippen molar-refractivity contribution in [1.82, 2.24) is 0 Å². The van der Waals surface area contributed by atoms with E-state index in [2.05, 4.69) is 0 Å². The van der Waals surface area contributed by atoms with Crippen molar-refractivity contribution in [3.8, 4) is 0 Å². The van der Waals surface area contributed by atoms with Crippen LogP contribution in [-0.2, 0) is 27.8 Å². The Morgan fingerprint density at radius 2 is 1.54 bits per heavy atom. The third kappa shape index (κ3) is 6.38. The molecule has 0 atom stereocenters. The Balaban J connectivity index is 4.42. The van der Waals surface area contributed by atoms with Gasteiger partial charge in [-0.2, -0.15) is 0 Å². The van der Waals surface area contributed by atoms with Crippen LogP contribution in [0, 0.1) is 0 Å². The first kappa shape index (κ1) is 13.3. The maximum atomic E-state index is 11.8. The first-order valence-corrected chi connectivity index (χ1v) is 8.40. The van der Waals surface area contributed by atoms with Crippen LogP contribution in [0.4, 0.5) is 0 Å². The Morgan fingerprint density at radius 1 is 1.15 bits per heavy atom. The first-order chi connectivity index (χ1) is 5.83. The number of hydrogen-bond acceptors (Lipinski definition) is 4. The van der Waals surface area contributed by atoms with Gasteiger partial charge in [0.25, 0.3) is 0 Å². The fraction of sp³-hybridized carbons (Fsp3) is 1.00. The molecule has 4 nitrogen and oxygen atoms in total. The van der Waals surface area contributed by atoms with Crippen LogP contribution in [-0.4, -0.2) is 31.2 Å². The van der Waals surface area contributed by atoms with Crippen LogP contribution in [0.3, 0.4) is 0 Å². The molecule has 0 amide bonds. The molecule has 0 fully saturated rings. The molecule has 0 saturated heterocycles.